The van der Waals surface area contributed by atoms with Gasteiger partial charge in [0.05, 0.1) is 11.8 Å². The SMILES string of the molecule is CC(C(=O)Nc1cccc(F)c1)[C@@H](C(=O)NC1CCCCC1)c1ccccc1Cl. The van der Waals surface area contributed by atoms with Crippen molar-refractivity contribution < 1.29 is 14.0 Å². The van der Waals surface area contributed by atoms with Gasteiger partial charge in [0, 0.05) is 16.8 Å². The number of benzene rings is 2. The van der Waals surface area contributed by atoms with Gasteiger partial charge in [-0.05, 0) is 42.7 Å². The van der Waals surface area contributed by atoms with Gasteiger partial charge < -0.3 is 10.6 Å². The summed E-state index contributed by atoms with van der Waals surface area (Å²) in [5, 5.41) is 6.27. The van der Waals surface area contributed by atoms with E-state index in [-0.39, 0.29) is 17.9 Å². The van der Waals surface area contributed by atoms with Gasteiger partial charge >= 0.3 is 0 Å². The molecule has 0 aromatic heterocycles. The summed E-state index contributed by atoms with van der Waals surface area (Å²) in [6.07, 6.45) is 5.27. The van der Waals surface area contributed by atoms with Crippen LogP contribution in [0.1, 0.15) is 50.5 Å². The molecule has 2 amide bonds. The Morgan fingerprint density at radius 1 is 1.03 bits per heavy atom. The largest absolute Gasteiger partial charge is 0.353 e. The molecule has 2 aromatic rings. The van der Waals surface area contributed by atoms with Crippen molar-refractivity contribution in [3.63, 3.8) is 0 Å². The Hall–Kier alpha value is -2.40. The van der Waals surface area contributed by atoms with Crippen molar-refractivity contribution in [3.8, 4) is 0 Å². The molecule has 1 aliphatic carbocycles. The van der Waals surface area contributed by atoms with Gasteiger partial charge in [-0.2, -0.15) is 0 Å². The molecule has 0 heterocycles. The highest BCUT2D eigenvalue weighted by Crippen LogP contribution is 2.32. The summed E-state index contributed by atoms with van der Waals surface area (Å²) in [5.74, 6) is -2.43. The van der Waals surface area contributed by atoms with E-state index in [1.165, 1.54) is 24.6 Å². The maximum absolute atomic E-state index is 13.5. The van der Waals surface area contributed by atoms with Crippen molar-refractivity contribution in [1.82, 2.24) is 5.32 Å². The Morgan fingerprint density at radius 2 is 1.76 bits per heavy atom. The van der Waals surface area contributed by atoms with E-state index in [1.54, 1.807) is 37.3 Å². The summed E-state index contributed by atoms with van der Waals surface area (Å²) >= 11 is 6.37. The molecule has 2 N–H and O–H groups in total. The molecule has 1 unspecified atom stereocenters. The van der Waals surface area contributed by atoms with Crippen LogP contribution in [0.4, 0.5) is 10.1 Å². The van der Waals surface area contributed by atoms with Crippen molar-refractivity contribution in [2.24, 2.45) is 5.92 Å². The van der Waals surface area contributed by atoms with Crippen molar-refractivity contribution in [3.05, 3.63) is 64.9 Å². The molecule has 0 saturated heterocycles. The molecule has 154 valence electrons. The minimum absolute atomic E-state index is 0.125. The molecule has 3 rings (SSSR count). The number of carbonyl (C=O) groups excluding carboxylic acids is 2. The highest BCUT2D eigenvalue weighted by Gasteiger charge is 2.34. The third kappa shape index (κ3) is 5.57. The average molecular weight is 417 g/mol. The first kappa shape index (κ1) is 21.3. The fraction of sp³-hybridized carbons (Fsp3) is 0.391. The second kappa shape index (κ2) is 9.88. The monoisotopic (exact) mass is 416 g/mol. The van der Waals surface area contributed by atoms with Crippen molar-refractivity contribution >= 4 is 29.1 Å². The van der Waals surface area contributed by atoms with Crippen LogP contribution in [-0.4, -0.2) is 17.9 Å². The molecule has 1 aliphatic rings. The minimum Gasteiger partial charge on any atom is -0.353 e. The Balaban J connectivity index is 1.82. The summed E-state index contributed by atoms with van der Waals surface area (Å²) in [6.45, 7) is 1.70. The maximum atomic E-state index is 13.5. The number of anilines is 1. The van der Waals surface area contributed by atoms with Crippen LogP contribution in [0.25, 0.3) is 0 Å². The first-order valence-corrected chi connectivity index (χ1v) is 10.4. The second-order valence-electron chi connectivity index (χ2n) is 7.63. The molecule has 2 atom stereocenters. The molecule has 0 radical (unpaired) electrons. The van der Waals surface area contributed by atoms with Gasteiger partial charge in [0.25, 0.3) is 0 Å². The zero-order valence-corrected chi connectivity index (χ0v) is 17.2. The lowest BCUT2D eigenvalue weighted by Gasteiger charge is -2.28. The van der Waals surface area contributed by atoms with Crippen LogP contribution in [0, 0.1) is 11.7 Å². The van der Waals surface area contributed by atoms with Gasteiger partial charge in [0.1, 0.15) is 5.82 Å². The predicted molar refractivity (Wildman–Crippen MR) is 113 cm³/mol. The minimum atomic E-state index is -0.737. The predicted octanol–water partition coefficient (Wildman–Crippen LogP) is 5.29. The summed E-state index contributed by atoms with van der Waals surface area (Å²) in [7, 11) is 0. The number of carbonyl (C=O) groups is 2. The molecular formula is C23H26ClFN2O2. The smallest absolute Gasteiger partial charge is 0.228 e. The van der Waals surface area contributed by atoms with Gasteiger partial charge in [-0.15, -0.1) is 0 Å². The number of halogens is 2. The Labute approximate surface area is 175 Å². The van der Waals surface area contributed by atoms with Crippen LogP contribution in [0.5, 0.6) is 0 Å². The molecule has 29 heavy (non-hydrogen) atoms. The topological polar surface area (TPSA) is 58.2 Å². The summed E-state index contributed by atoms with van der Waals surface area (Å²) in [6, 6.07) is 12.9. The molecular weight excluding hydrogens is 391 g/mol. The van der Waals surface area contributed by atoms with Crippen LogP contribution >= 0.6 is 11.6 Å². The van der Waals surface area contributed by atoms with Crippen LogP contribution in [0.15, 0.2) is 48.5 Å². The number of amides is 2. The molecule has 0 bridgehead atoms. The zero-order valence-electron chi connectivity index (χ0n) is 16.5. The number of hydrogen-bond donors (Lipinski definition) is 2. The third-order valence-electron chi connectivity index (χ3n) is 5.48. The molecule has 0 aliphatic heterocycles. The van der Waals surface area contributed by atoms with E-state index in [0.717, 1.165) is 25.7 Å². The van der Waals surface area contributed by atoms with Crippen LogP contribution in [0.3, 0.4) is 0 Å². The Kier molecular flexibility index (Phi) is 7.26. The van der Waals surface area contributed by atoms with E-state index in [4.69, 9.17) is 11.6 Å². The second-order valence-corrected chi connectivity index (χ2v) is 8.04. The molecule has 2 aromatic carbocycles. The van der Waals surface area contributed by atoms with Crippen molar-refractivity contribution in [2.45, 2.75) is 51.0 Å². The van der Waals surface area contributed by atoms with Crippen LogP contribution < -0.4 is 10.6 Å². The quantitative estimate of drug-likeness (QED) is 0.672. The zero-order chi connectivity index (χ0) is 20.8. The summed E-state index contributed by atoms with van der Waals surface area (Å²) in [5.41, 5.74) is 0.969. The first-order chi connectivity index (χ1) is 14.0. The fourth-order valence-electron chi connectivity index (χ4n) is 3.88. The summed E-state index contributed by atoms with van der Waals surface area (Å²) in [4.78, 5) is 26.1. The van der Waals surface area contributed by atoms with Crippen molar-refractivity contribution in [1.29, 1.82) is 0 Å². The van der Waals surface area contributed by atoms with E-state index in [1.807, 2.05) is 0 Å². The highest BCUT2D eigenvalue weighted by atomic mass is 35.5. The highest BCUT2D eigenvalue weighted by molar-refractivity contribution is 6.31. The van der Waals surface area contributed by atoms with Gasteiger partial charge in [0.2, 0.25) is 11.8 Å². The Bertz CT molecular complexity index is 867. The first-order valence-electron chi connectivity index (χ1n) is 10.1. The average Bonchev–Trinajstić information content (AvgIpc) is 2.70. The normalized spacial score (nSPS) is 16.7. The molecule has 1 fully saturated rings. The number of hydrogen-bond acceptors (Lipinski definition) is 2. The number of rotatable bonds is 6. The Morgan fingerprint density at radius 3 is 2.45 bits per heavy atom. The third-order valence-corrected chi connectivity index (χ3v) is 5.82. The van der Waals surface area contributed by atoms with E-state index in [2.05, 4.69) is 10.6 Å². The number of nitrogens with one attached hydrogen (secondary N) is 2. The van der Waals surface area contributed by atoms with E-state index in [9.17, 15) is 14.0 Å². The van der Waals surface area contributed by atoms with Crippen LogP contribution in [0.2, 0.25) is 5.02 Å². The lowest BCUT2D eigenvalue weighted by Crippen LogP contribution is -2.42. The lowest BCUT2D eigenvalue weighted by molar-refractivity contribution is -0.129. The molecule has 4 nitrogen and oxygen atoms in total. The van der Waals surface area contributed by atoms with Gasteiger partial charge in [-0.3, -0.25) is 9.59 Å². The lowest BCUT2D eigenvalue weighted by atomic mass is 9.84. The molecule has 0 spiro atoms. The maximum Gasteiger partial charge on any atom is 0.228 e. The van der Waals surface area contributed by atoms with Gasteiger partial charge in [-0.25, -0.2) is 4.39 Å². The standard InChI is InChI=1S/C23H26ClFN2O2/c1-15(22(28)27-18-11-7-8-16(25)14-18)21(19-12-5-6-13-20(19)24)23(29)26-17-9-3-2-4-10-17/h5-8,11-15,17,21H,2-4,9-10H2,1H3,(H,26,29)(H,27,28)/t15?,21-/m1/s1. The fourth-order valence-corrected chi connectivity index (χ4v) is 4.13. The van der Waals surface area contributed by atoms with E-state index < -0.39 is 17.7 Å². The van der Waals surface area contributed by atoms with Gasteiger partial charge in [-0.1, -0.05) is 62.1 Å². The molecule has 1 saturated carbocycles. The van der Waals surface area contributed by atoms with Crippen molar-refractivity contribution in [2.75, 3.05) is 5.32 Å². The van der Waals surface area contributed by atoms with Crippen LogP contribution in [-0.2, 0) is 9.59 Å². The van der Waals surface area contributed by atoms with Gasteiger partial charge in [0.15, 0.2) is 0 Å². The molecule has 6 heteroatoms. The van der Waals surface area contributed by atoms with E-state index in [0.29, 0.717) is 16.3 Å². The summed E-state index contributed by atoms with van der Waals surface area (Å²) < 4.78 is 13.5. The van der Waals surface area contributed by atoms with E-state index >= 15 is 0 Å².